The van der Waals surface area contributed by atoms with Crippen LogP contribution in [0.4, 0.5) is 0 Å². The molecule has 0 aromatic heterocycles. The van der Waals surface area contributed by atoms with Gasteiger partial charge in [-0.1, -0.05) is 19.3 Å². The molecule has 2 fully saturated rings. The standard InChI is InChI=1S/C9H17NO/c10-9-6-11-5-4-8(9)7-2-1-3-7/h7-9H,1-6,10H2. The molecule has 2 N–H and O–H groups in total. The van der Waals surface area contributed by atoms with Crippen LogP contribution in [0.1, 0.15) is 25.7 Å². The highest BCUT2D eigenvalue weighted by molar-refractivity contribution is 4.86. The summed E-state index contributed by atoms with van der Waals surface area (Å²) < 4.78 is 5.31. The quantitative estimate of drug-likeness (QED) is 0.616. The lowest BCUT2D eigenvalue weighted by Crippen LogP contribution is -2.44. The van der Waals surface area contributed by atoms with Gasteiger partial charge in [-0.25, -0.2) is 0 Å². The van der Waals surface area contributed by atoms with Crippen molar-refractivity contribution >= 4 is 0 Å². The van der Waals surface area contributed by atoms with Gasteiger partial charge in [0.1, 0.15) is 0 Å². The van der Waals surface area contributed by atoms with Gasteiger partial charge in [-0.3, -0.25) is 0 Å². The zero-order chi connectivity index (χ0) is 7.68. The van der Waals surface area contributed by atoms with Gasteiger partial charge in [-0.2, -0.15) is 0 Å². The van der Waals surface area contributed by atoms with E-state index in [0.717, 1.165) is 25.0 Å². The molecule has 0 amide bonds. The monoisotopic (exact) mass is 155 g/mol. The van der Waals surface area contributed by atoms with Crippen molar-refractivity contribution in [3.63, 3.8) is 0 Å². The highest BCUT2D eigenvalue weighted by atomic mass is 16.5. The Balaban J connectivity index is 1.88. The van der Waals surface area contributed by atoms with Crippen LogP contribution in [0.5, 0.6) is 0 Å². The molecule has 1 saturated heterocycles. The van der Waals surface area contributed by atoms with Gasteiger partial charge >= 0.3 is 0 Å². The van der Waals surface area contributed by atoms with Crippen molar-refractivity contribution in [3.8, 4) is 0 Å². The van der Waals surface area contributed by atoms with Crippen molar-refractivity contribution < 1.29 is 4.74 Å². The van der Waals surface area contributed by atoms with Crippen LogP contribution in [0, 0.1) is 11.8 Å². The average molecular weight is 155 g/mol. The fraction of sp³-hybridized carbons (Fsp3) is 1.00. The van der Waals surface area contributed by atoms with Crippen LogP contribution in [-0.2, 0) is 4.74 Å². The predicted octanol–water partition coefficient (Wildman–Crippen LogP) is 1.15. The third kappa shape index (κ3) is 1.42. The summed E-state index contributed by atoms with van der Waals surface area (Å²) in [5.41, 5.74) is 5.96. The van der Waals surface area contributed by atoms with Crippen molar-refractivity contribution in [2.45, 2.75) is 31.7 Å². The summed E-state index contributed by atoms with van der Waals surface area (Å²) in [6.07, 6.45) is 5.46. The molecule has 0 aromatic carbocycles. The van der Waals surface area contributed by atoms with Gasteiger partial charge in [-0.05, 0) is 18.3 Å². The largest absolute Gasteiger partial charge is 0.380 e. The maximum absolute atomic E-state index is 5.96. The van der Waals surface area contributed by atoms with Crippen molar-refractivity contribution in [3.05, 3.63) is 0 Å². The van der Waals surface area contributed by atoms with Gasteiger partial charge in [0.15, 0.2) is 0 Å². The Morgan fingerprint density at radius 2 is 2.00 bits per heavy atom. The summed E-state index contributed by atoms with van der Waals surface area (Å²) in [7, 11) is 0. The molecule has 1 heterocycles. The number of ether oxygens (including phenoxy) is 1. The Bertz CT molecular complexity index is 132. The minimum absolute atomic E-state index is 0.328. The molecular formula is C9H17NO. The molecule has 64 valence electrons. The summed E-state index contributed by atoms with van der Waals surface area (Å²) in [6, 6.07) is 0.328. The maximum atomic E-state index is 5.96. The third-order valence-corrected chi connectivity index (χ3v) is 3.21. The first-order valence-corrected chi connectivity index (χ1v) is 4.71. The number of nitrogens with two attached hydrogens (primary N) is 1. The summed E-state index contributed by atoms with van der Waals surface area (Å²) >= 11 is 0. The SMILES string of the molecule is NC1COCCC1C1CCC1. The van der Waals surface area contributed by atoms with Gasteiger partial charge in [0.05, 0.1) is 6.61 Å². The molecule has 0 spiro atoms. The molecule has 2 nitrogen and oxygen atoms in total. The molecule has 2 heteroatoms. The van der Waals surface area contributed by atoms with Crippen LogP contribution in [0.2, 0.25) is 0 Å². The molecule has 2 aliphatic rings. The van der Waals surface area contributed by atoms with Crippen molar-refractivity contribution in [2.75, 3.05) is 13.2 Å². The summed E-state index contributed by atoms with van der Waals surface area (Å²) in [6.45, 7) is 1.73. The average Bonchev–Trinajstić information content (AvgIpc) is 1.90. The van der Waals surface area contributed by atoms with E-state index in [2.05, 4.69) is 0 Å². The summed E-state index contributed by atoms with van der Waals surface area (Å²) in [5.74, 6) is 1.71. The first-order valence-electron chi connectivity index (χ1n) is 4.71. The van der Waals surface area contributed by atoms with Crippen LogP contribution >= 0.6 is 0 Å². The van der Waals surface area contributed by atoms with Crippen molar-refractivity contribution in [1.82, 2.24) is 0 Å². The highest BCUT2D eigenvalue weighted by Crippen LogP contribution is 2.37. The normalized spacial score (nSPS) is 40.1. The number of rotatable bonds is 1. The number of hydrogen-bond donors (Lipinski definition) is 1. The van der Waals surface area contributed by atoms with Gasteiger partial charge in [-0.15, -0.1) is 0 Å². The molecule has 11 heavy (non-hydrogen) atoms. The Hall–Kier alpha value is -0.0800. The zero-order valence-electron chi connectivity index (χ0n) is 6.96. The van der Waals surface area contributed by atoms with E-state index in [4.69, 9.17) is 10.5 Å². The smallest absolute Gasteiger partial charge is 0.0620 e. The molecule has 0 radical (unpaired) electrons. The van der Waals surface area contributed by atoms with Crippen molar-refractivity contribution in [2.24, 2.45) is 17.6 Å². The molecule has 2 unspecified atom stereocenters. The van der Waals surface area contributed by atoms with Crippen LogP contribution in [0.15, 0.2) is 0 Å². The fourth-order valence-corrected chi connectivity index (χ4v) is 2.23. The number of hydrogen-bond acceptors (Lipinski definition) is 2. The van der Waals surface area contributed by atoms with E-state index < -0.39 is 0 Å². The molecule has 1 aliphatic carbocycles. The minimum Gasteiger partial charge on any atom is -0.380 e. The van der Waals surface area contributed by atoms with Gasteiger partial charge in [0.2, 0.25) is 0 Å². The summed E-state index contributed by atoms with van der Waals surface area (Å²) in [5, 5.41) is 0. The lowest BCUT2D eigenvalue weighted by Gasteiger charge is -2.39. The molecule has 1 aliphatic heterocycles. The van der Waals surface area contributed by atoms with E-state index in [9.17, 15) is 0 Å². The van der Waals surface area contributed by atoms with E-state index in [1.165, 1.54) is 25.7 Å². The molecule has 2 rings (SSSR count). The molecule has 1 saturated carbocycles. The van der Waals surface area contributed by atoms with E-state index in [-0.39, 0.29) is 0 Å². The Morgan fingerprint density at radius 1 is 1.18 bits per heavy atom. The first-order chi connectivity index (χ1) is 5.38. The zero-order valence-corrected chi connectivity index (χ0v) is 6.96. The van der Waals surface area contributed by atoms with Crippen molar-refractivity contribution in [1.29, 1.82) is 0 Å². The second-order valence-electron chi connectivity index (χ2n) is 3.88. The molecule has 0 aromatic rings. The minimum atomic E-state index is 0.328. The van der Waals surface area contributed by atoms with Crippen LogP contribution in [0.3, 0.4) is 0 Å². The van der Waals surface area contributed by atoms with Gasteiger partial charge in [0.25, 0.3) is 0 Å². The van der Waals surface area contributed by atoms with Gasteiger partial charge in [0, 0.05) is 12.6 Å². The van der Waals surface area contributed by atoms with Crippen LogP contribution in [0.25, 0.3) is 0 Å². The predicted molar refractivity (Wildman–Crippen MR) is 44.2 cm³/mol. The second kappa shape index (κ2) is 3.11. The Morgan fingerprint density at radius 3 is 2.55 bits per heavy atom. The van der Waals surface area contributed by atoms with E-state index in [1.54, 1.807) is 0 Å². The lowest BCUT2D eigenvalue weighted by atomic mass is 9.71. The van der Waals surface area contributed by atoms with E-state index in [0.29, 0.717) is 6.04 Å². The lowest BCUT2D eigenvalue weighted by molar-refractivity contribution is 0.0125. The Kier molecular flexibility index (Phi) is 2.14. The maximum Gasteiger partial charge on any atom is 0.0620 e. The van der Waals surface area contributed by atoms with Crippen LogP contribution < -0.4 is 5.73 Å². The highest BCUT2D eigenvalue weighted by Gasteiger charge is 2.33. The topological polar surface area (TPSA) is 35.2 Å². The summed E-state index contributed by atoms with van der Waals surface area (Å²) in [4.78, 5) is 0. The first kappa shape index (κ1) is 7.56. The molecule has 2 atom stereocenters. The fourth-order valence-electron chi connectivity index (χ4n) is 2.23. The van der Waals surface area contributed by atoms with Crippen LogP contribution in [-0.4, -0.2) is 19.3 Å². The molecule has 0 bridgehead atoms. The third-order valence-electron chi connectivity index (χ3n) is 3.21. The van der Waals surface area contributed by atoms with Gasteiger partial charge < -0.3 is 10.5 Å². The Labute approximate surface area is 68.1 Å². The second-order valence-corrected chi connectivity index (χ2v) is 3.88. The van der Waals surface area contributed by atoms with E-state index >= 15 is 0 Å². The molecular weight excluding hydrogens is 138 g/mol. The van der Waals surface area contributed by atoms with E-state index in [1.807, 2.05) is 0 Å².